The number of hydrogen-bond donors (Lipinski definition) is 1. The average molecular weight is 107 g/mol. The van der Waals surface area contributed by atoms with E-state index in [9.17, 15) is 4.57 Å². The van der Waals surface area contributed by atoms with E-state index in [4.69, 9.17) is 0 Å². The molecule has 0 amide bonds. The SMILES string of the molecule is C=CO[PH](N)=O. The van der Waals surface area contributed by atoms with Gasteiger partial charge in [0.2, 0.25) is 0 Å². The minimum absolute atomic E-state index is 1.06. The second-order valence-electron chi connectivity index (χ2n) is 0.604. The molecule has 0 rings (SSSR count). The van der Waals surface area contributed by atoms with Gasteiger partial charge < -0.3 is 4.52 Å². The molecule has 0 aromatic heterocycles. The lowest BCUT2D eigenvalue weighted by Crippen LogP contribution is -1.75. The Morgan fingerprint density at radius 3 is 2.50 bits per heavy atom. The minimum atomic E-state index is -2.25. The Hall–Kier alpha value is -0.270. The van der Waals surface area contributed by atoms with Crippen molar-refractivity contribution >= 4 is 8.18 Å². The van der Waals surface area contributed by atoms with Crippen LogP contribution in [0.2, 0.25) is 0 Å². The lowest BCUT2D eigenvalue weighted by atomic mass is 11.2. The van der Waals surface area contributed by atoms with Crippen molar-refractivity contribution in [1.82, 2.24) is 0 Å². The molecule has 0 heterocycles. The molecule has 0 aliphatic rings. The molecule has 1 unspecified atom stereocenters. The summed E-state index contributed by atoms with van der Waals surface area (Å²) in [6, 6.07) is 0. The second-order valence-corrected chi connectivity index (χ2v) is 1.48. The Morgan fingerprint density at radius 2 is 2.50 bits per heavy atom. The maximum absolute atomic E-state index is 9.71. The fraction of sp³-hybridized carbons (Fsp3) is 0. The van der Waals surface area contributed by atoms with E-state index in [1.54, 1.807) is 0 Å². The molecule has 0 spiro atoms. The fourth-order valence-corrected chi connectivity index (χ4v) is 0.246. The van der Waals surface area contributed by atoms with Crippen molar-refractivity contribution in [3.05, 3.63) is 12.8 Å². The molecule has 1 atom stereocenters. The monoisotopic (exact) mass is 107 g/mol. The molecule has 6 heavy (non-hydrogen) atoms. The third kappa shape index (κ3) is 3.73. The van der Waals surface area contributed by atoms with Crippen LogP contribution >= 0.6 is 8.18 Å². The van der Waals surface area contributed by atoms with Crippen LogP contribution in [-0.2, 0) is 9.09 Å². The highest BCUT2D eigenvalue weighted by Gasteiger charge is 1.74. The van der Waals surface area contributed by atoms with Gasteiger partial charge in [0.25, 0.3) is 0 Å². The highest BCUT2D eigenvalue weighted by atomic mass is 31.1. The van der Waals surface area contributed by atoms with Gasteiger partial charge in [-0.1, -0.05) is 6.58 Å². The number of rotatable bonds is 2. The summed E-state index contributed by atoms with van der Waals surface area (Å²) in [5, 5.41) is 0. The zero-order chi connectivity index (χ0) is 4.99. The Kier molecular flexibility index (Phi) is 2.81. The quantitative estimate of drug-likeness (QED) is 0.412. The van der Waals surface area contributed by atoms with Gasteiger partial charge in [0, 0.05) is 0 Å². The standard InChI is InChI=1S/C2H6NO2P/c1-2-5-6(3)4/h2,6H,1H2,(H2,3,4). The largest absolute Gasteiger partial charge is 0.443 e. The molecule has 2 N–H and O–H groups in total. The molecule has 0 radical (unpaired) electrons. The van der Waals surface area contributed by atoms with E-state index in [0.717, 1.165) is 6.26 Å². The molecule has 0 aromatic rings. The lowest BCUT2D eigenvalue weighted by molar-refractivity contribution is 0.465. The predicted octanol–water partition coefficient (Wildman–Crippen LogP) is 0.495. The number of nitrogens with two attached hydrogens (primary N) is 1. The Morgan fingerprint density at radius 1 is 2.00 bits per heavy atom. The summed E-state index contributed by atoms with van der Waals surface area (Å²) >= 11 is 0. The zero-order valence-electron chi connectivity index (χ0n) is 3.18. The van der Waals surface area contributed by atoms with Gasteiger partial charge >= 0.3 is 8.18 Å². The first-order valence-electron chi connectivity index (χ1n) is 1.34. The van der Waals surface area contributed by atoms with E-state index in [2.05, 4.69) is 16.6 Å². The topological polar surface area (TPSA) is 52.3 Å². The average Bonchev–Trinajstić information content (AvgIpc) is 1.35. The van der Waals surface area contributed by atoms with Gasteiger partial charge in [0.05, 0.1) is 6.26 Å². The van der Waals surface area contributed by atoms with Gasteiger partial charge in [-0.25, -0.2) is 0 Å². The summed E-state index contributed by atoms with van der Waals surface area (Å²) in [4.78, 5) is 0. The van der Waals surface area contributed by atoms with Crippen LogP contribution < -0.4 is 5.50 Å². The number of hydrogen-bond acceptors (Lipinski definition) is 2. The molecule has 3 nitrogen and oxygen atoms in total. The smallest absolute Gasteiger partial charge is 0.302 e. The predicted molar refractivity (Wildman–Crippen MR) is 24.5 cm³/mol. The molecule has 0 saturated heterocycles. The van der Waals surface area contributed by atoms with Gasteiger partial charge in [0.15, 0.2) is 0 Å². The molecular weight excluding hydrogens is 101 g/mol. The molecule has 36 valence electrons. The highest BCUT2D eigenvalue weighted by molar-refractivity contribution is 7.36. The first-order chi connectivity index (χ1) is 2.77. The molecular formula is C2H6NO2P. The van der Waals surface area contributed by atoms with Crippen molar-refractivity contribution in [2.75, 3.05) is 0 Å². The van der Waals surface area contributed by atoms with E-state index >= 15 is 0 Å². The first kappa shape index (κ1) is 5.73. The van der Waals surface area contributed by atoms with Crippen LogP contribution in [-0.4, -0.2) is 0 Å². The molecule has 0 saturated carbocycles. The second kappa shape index (κ2) is 2.94. The van der Waals surface area contributed by atoms with Gasteiger partial charge in [-0.15, -0.1) is 0 Å². The van der Waals surface area contributed by atoms with Gasteiger partial charge in [-0.05, 0) is 0 Å². The van der Waals surface area contributed by atoms with E-state index in [1.807, 2.05) is 0 Å². The molecule has 0 fully saturated rings. The van der Waals surface area contributed by atoms with Crippen LogP contribution in [0.25, 0.3) is 0 Å². The summed E-state index contributed by atoms with van der Waals surface area (Å²) in [7, 11) is -2.25. The van der Waals surface area contributed by atoms with Crippen LogP contribution in [0.15, 0.2) is 12.8 Å². The Bertz CT molecular complexity index is 71.9. The first-order valence-corrected chi connectivity index (χ1v) is 2.73. The third-order valence-electron chi connectivity index (χ3n) is 0.199. The molecule has 0 aromatic carbocycles. The third-order valence-corrected chi connectivity index (χ3v) is 0.598. The van der Waals surface area contributed by atoms with Crippen molar-refractivity contribution in [2.45, 2.75) is 0 Å². The normalized spacial score (nSPS) is 12.8. The van der Waals surface area contributed by atoms with Crippen molar-refractivity contribution in [3.63, 3.8) is 0 Å². The van der Waals surface area contributed by atoms with E-state index in [0.29, 0.717) is 0 Å². The lowest BCUT2D eigenvalue weighted by Gasteiger charge is -1.86. The van der Waals surface area contributed by atoms with Crippen LogP contribution in [0, 0.1) is 0 Å². The van der Waals surface area contributed by atoms with Gasteiger partial charge in [-0.3, -0.25) is 10.1 Å². The van der Waals surface area contributed by atoms with Gasteiger partial charge in [-0.2, -0.15) is 0 Å². The minimum Gasteiger partial charge on any atom is -0.443 e. The molecule has 0 aliphatic heterocycles. The molecule has 0 aliphatic carbocycles. The van der Waals surface area contributed by atoms with Crippen molar-refractivity contribution in [1.29, 1.82) is 0 Å². The Labute approximate surface area is 36.7 Å². The summed E-state index contributed by atoms with van der Waals surface area (Å²) < 4.78 is 13.8. The van der Waals surface area contributed by atoms with Crippen LogP contribution in [0.4, 0.5) is 0 Å². The highest BCUT2D eigenvalue weighted by Crippen LogP contribution is 2.07. The van der Waals surface area contributed by atoms with E-state index in [1.165, 1.54) is 0 Å². The molecule has 4 heteroatoms. The van der Waals surface area contributed by atoms with Crippen molar-refractivity contribution < 1.29 is 9.09 Å². The van der Waals surface area contributed by atoms with Crippen molar-refractivity contribution in [3.8, 4) is 0 Å². The summed E-state index contributed by atoms with van der Waals surface area (Å²) in [6.45, 7) is 3.12. The van der Waals surface area contributed by atoms with Crippen LogP contribution in [0.3, 0.4) is 0 Å². The summed E-state index contributed by atoms with van der Waals surface area (Å²) in [5.74, 6) is 0. The van der Waals surface area contributed by atoms with Crippen LogP contribution in [0.1, 0.15) is 0 Å². The summed E-state index contributed by atoms with van der Waals surface area (Å²) in [6.07, 6.45) is 1.06. The van der Waals surface area contributed by atoms with E-state index < -0.39 is 8.18 Å². The maximum atomic E-state index is 9.71. The zero-order valence-corrected chi connectivity index (χ0v) is 4.18. The summed E-state index contributed by atoms with van der Waals surface area (Å²) in [5.41, 5.74) is 4.66. The van der Waals surface area contributed by atoms with Gasteiger partial charge in [0.1, 0.15) is 0 Å². The van der Waals surface area contributed by atoms with Crippen LogP contribution in [0.5, 0.6) is 0 Å². The van der Waals surface area contributed by atoms with E-state index in [-0.39, 0.29) is 0 Å². The fourth-order valence-electron chi connectivity index (χ4n) is 0.0821. The Balaban J connectivity index is 3.05. The van der Waals surface area contributed by atoms with Crippen molar-refractivity contribution in [2.24, 2.45) is 5.50 Å². The maximum Gasteiger partial charge on any atom is 0.302 e. The molecule has 0 bridgehead atoms.